The summed E-state index contributed by atoms with van der Waals surface area (Å²) >= 11 is 0. The lowest BCUT2D eigenvalue weighted by Gasteiger charge is -2.09. The summed E-state index contributed by atoms with van der Waals surface area (Å²) in [5, 5.41) is 3.08. The van der Waals surface area contributed by atoms with Crippen LogP contribution in [-0.2, 0) is 6.54 Å². The van der Waals surface area contributed by atoms with Crippen LogP contribution < -0.4 is 15.8 Å². The fourth-order valence-corrected chi connectivity index (χ4v) is 1.93. The van der Waals surface area contributed by atoms with Crippen LogP contribution in [0.25, 0.3) is 0 Å². The van der Waals surface area contributed by atoms with Crippen LogP contribution in [0.1, 0.15) is 18.1 Å². The van der Waals surface area contributed by atoms with Gasteiger partial charge in [0.1, 0.15) is 5.75 Å². The maximum Gasteiger partial charge on any atom is 0.193 e. The van der Waals surface area contributed by atoms with E-state index in [-0.39, 0.29) is 0 Å². The molecule has 0 heterocycles. The van der Waals surface area contributed by atoms with Gasteiger partial charge in [-0.15, -0.1) is 0 Å². The van der Waals surface area contributed by atoms with Crippen LogP contribution in [0.5, 0.6) is 5.75 Å². The predicted molar refractivity (Wildman–Crippen MR) is 87.7 cm³/mol. The summed E-state index contributed by atoms with van der Waals surface area (Å²) in [6.45, 7) is 5.14. The van der Waals surface area contributed by atoms with Crippen LogP contribution >= 0.6 is 0 Å². The van der Waals surface area contributed by atoms with Gasteiger partial charge >= 0.3 is 0 Å². The van der Waals surface area contributed by atoms with Crippen molar-refractivity contribution >= 4 is 11.6 Å². The normalized spacial score (nSPS) is 11.2. The molecule has 0 aromatic heterocycles. The molecule has 21 heavy (non-hydrogen) atoms. The standard InChI is InChI=1S/C17H21N3O/c1-3-21-16-7-5-4-6-14(16)12-19-17(18)20-15-10-8-13(2)9-11-15/h4-11H,3,12H2,1-2H3,(H3,18,19,20). The molecule has 0 bridgehead atoms. The molecule has 0 atom stereocenters. The predicted octanol–water partition coefficient (Wildman–Crippen LogP) is 3.32. The first-order valence-electron chi connectivity index (χ1n) is 7.03. The number of ether oxygens (including phenoxy) is 1. The van der Waals surface area contributed by atoms with Crippen molar-refractivity contribution < 1.29 is 4.74 Å². The first kappa shape index (κ1) is 14.9. The number of nitrogens with two attached hydrogens (primary N) is 1. The molecule has 4 heteroatoms. The molecule has 0 aliphatic carbocycles. The average molecular weight is 283 g/mol. The van der Waals surface area contributed by atoms with Gasteiger partial charge in [0.15, 0.2) is 5.96 Å². The van der Waals surface area contributed by atoms with Crippen molar-refractivity contribution in [1.29, 1.82) is 0 Å². The highest BCUT2D eigenvalue weighted by atomic mass is 16.5. The number of aryl methyl sites for hydroxylation is 1. The lowest BCUT2D eigenvalue weighted by atomic mass is 10.2. The van der Waals surface area contributed by atoms with E-state index in [1.54, 1.807) is 0 Å². The van der Waals surface area contributed by atoms with Crippen LogP contribution in [0.2, 0.25) is 0 Å². The first-order valence-corrected chi connectivity index (χ1v) is 7.03. The molecular weight excluding hydrogens is 262 g/mol. The van der Waals surface area contributed by atoms with Crippen molar-refractivity contribution in [1.82, 2.24) is 0 Å². The Morgan fingerprint density at radius 2 is 1.86 bits per heavy atom. The Bertz CT molecular complexity index is 606. The van der Waals surface area contributed by atoms with E-state index >= 15 is 0 Å². The summed E-state index contributed by atoms with van der Waals surface area (Å²) in [5.74, 6) is 1.25. The smallest absolute Gasteiger partial charge is 0.193 e. The second kappa shape index (κ2) is 7.33. The number of aliphatic imine (C=N–C) groups is 1. The number of anilines is 1. The zero-order valence-corrected chi connectivity index (χ0v) is 12.5. The second-order valence-corrected chi connectivity index (χ2v) is 4.73. The Balaban J connectivity index is 2.01. The summed E-state index contributed by atoms with van der Waals surface area (Å²) in [4.78, 5) is 4.36. The minimum absolute atomic E-state index is 0.394. The van der Waals surface area contributed by atoms with E-state index in [2.05, 4.69) is 10.3 Å². The molecule has 0 unspecified atom stereocenters. The lowest BCUT2D eigenvalue weighted by molar-refractivity contribution is 0.336. The largest absolute Gasteiger partial charge is 0.494 e. The number of hydrogen-bond donors (Lipinski definition) is 2. The minimum Gasteiger partial charge on any atom is -0.494 e. The van der Waals surface area contributed by atoms with Crippen molar-refractivity contribution in [2.75, 3.05) is 11.9 Å². The monoisotopic (exact) mass is 283 g/mol. The van der Waals surface area contributed by atoms with Crippen molar-refractivity contribution in [3.05, 3.63) is 59.7 Å². The fourth-order valence-electron chi connectivity index (χ4n) is 1.93. The number of guanidine groups is 1. The third-order valence-electron chi connectivity index (χ3n) is 3.02. The van der Waals surface area contributed by atoms with Crippen LogP contribution in [0.3, 0.4) is 0 Å². The zero-order chi connectivity index (χ0) is 15.1. The molecule has 0 saturated heterocycles. The Morgan fingerprint density at radius 1 is 1.14 bits per heavy atom. The van der Waals surface area contributed by atoms with Crippen LogP contribution in [-0.4, -0.2) is 12.6 Å². The topological polar surface area (TPSA) is 59.6 Å². The Kier molecular flexibility index (Phi) is 5.21. The van der Waals surface area contributed by atoms with Crippen LogP contribution in [0, 0.1) is 6.92 Å². The van der Waals surface area contributed by atoms with Gasteiger partial charge in [-0.1, -0.05) is 35.9 Å². The van der Waals surface area contributed by atoms with Crippen molar-refractivity contribution in [2.24, 2.45) is 10.7 Å². The molecule has 110 valence electrons. The number of rotatable bonds is 5. The van der Waals surface area contributed by atoms with Crippen LogP contribution in [0.15, 0.2) is 53.5 Å². The molecule has 2 aromatic rings. The molecule has 0 aliphatic rings. The maximum absolute atomic E-state index is 5.91. The molecule has 3 N–H and O–H groups in total. The molecular formula is C17H21N3O. The SMILES string of the molecule is CCOc1ccccc1CN=C(N)Nc1ccc(C)cc1. The fraction of sp³-hybridized carbons (Fsp3) is 0.235. The molecule has 0 radical (unpaired) electrons. The van der Waals surface area contributed by atoms with E-state index < -0.39 is 0 Å². The van der Waals surface area contributed by atoms with E-state index in [4.69, 9.17) is 10.5 Å². The van der Waals surface area contributed by atoms with Gasteiger partial charge in [-0.3, -0.25) is 0 Å². The molecule has 0 saturated carbocycles. The molecule has 0 aliphatic heterocycles. The van der Waals surface area contributed by atoms with E-state index in [0.717, 1.165) is 17.0 Å². The van der Waals surface area contributed by atoms with E-state index in [0.29, 0.717) is 19.1 Å². The van der Waals surface area contributed by atoms with Gasteiger partial charge in [0, 0.05) is 11.3 Å². The second-order valence-electron chi connectivity index (χ2n) is 4.73. The molecule has 4 nitrogen and oxygen atoms in total. The van der Waals surface area contributed by atoms with Gasteiger partial charge in [-0.05, 0) is 32.0 Å². The van der Waals surface area contributed by atoms with Gasteiger partial charge in [-0.2, -0.15) is 0 Å². The van der Waals surface area contributed by atoms with Gasteiger partial charge in [0.25, 0.3) is 0 Å². The summed E-state index contributed by atoms with van der Waals surface area (Å²) in [6, 6.07) is 15.9. The first-order chi connectivity index (χ1) is 10.2. The maximum atomic E-state index is 5.91. The van der Waals surface area contributed by atoms with Gasteiger partial charge in [0.05, 0.1) is 13.2 Å². The third-order valence-corrected chi connectivity index (χ3v) is 3.02. The summed E-state index contributed by atoms with van der Waals surface area (Å²) < 4.78 is 5.57. The number of nitrogens with zero attached hydrogens (tertiary/aromatic N) is 1. The zero-order valence-electron chi connectivity index (χ0n) is 12.5. The summed E-state index contributed by atoms with van der Waals surface area (Å²) in [6.07, 6.45) is 0. The summed E-state index contributed by atoms with van der Waals surface area (Å²) in [5.41, 5.74) is 9.08. The number of benzene rings is 2. The Labute approximate surface area is 125 Å². The Morgan fingerprint density at radius 3 is 2.57 bits per heavy atom. The number of nitrogens with one attached hydrogen (secondary N) is 1. The average Bonchev–Trinajstić information content (AvgIpc) is 2.49. The minimum atomic E-state index is 0.394. The summed E-state index contributed by atoms with van der Waals surface area (Å²) in [7, 11) is 0. The molecule has 0 fully saturated rings. The van der Waals surface area contributed by atoms with Crippen LogP contribution in [0.4, 0.5) is 5.69 Å². The third kappa shape index (κ3) is 4.53. The quantitative estimate of drug-likeness (QED) is 0.653. The van der Waals surface area contributed by atoms with Gasteiger partial charge in [0.2, 0.25) is 0 Å². The number of para-hydroxylation sites is 1. The van der Waals surface area contributed by atoms with Crippen molar-refractivity contribution in [3.8, 4) is 5.75 Å². The Hall–Kier alpha value is -2.49. The molecule has 2 rings (SSSR count). The van der Waals surface area contributed by atoms with E-state index in [1.165, 1.54) is 5.56 Å². The van der Waals surface area contributed by atoms with E-state index in [9.17, 15) is 0 Å². The van der Waals surface area contributed by atoms with Gasteiger partial charge < -0.3 is 15.8 Å². The van der Waals surface area contributed by atoms with Gasteiger partial charge in [-0.25, -0.2) is 4.99 Å². The lowest BCUT2D eigenvalue weighted by Crippen LogP contribution is -2.22. The number of hydrogen-bond acceptors (Lipinski definition) is 2. The highest BCUT2D eigenvalue weighted by Gasteiger charge is 2.02. The molecule has 2 aromatic carbocycles. The molecule has 0 spiro atoms. The van der Waals surface area contributed by atoms with E-state index in [1.807, 2.05) is 62.4 Å². The molecule has 0 amide bonds. The highest BCUT2D eigenvalue weighted by molar-refractivity contribution is 5.92. The van der Waals surface area contributed by atoms with Crippen molar-refractivity contribution in [3.63, 3.8) is 0 Å². The highest BCUT2D eigenvalue weighted by Crippen LogP contribution is 2.18. The van der Waals surface area contributed by atoms with Crippen molar-refractivity contribution in [2.45, 2.75) is 20.4 Å².